The molecule has 9 atom stereocenters. The normalized spacial score (nSPS) is 32.6. The maximum atomic E-state index is 12.8. The summed E-state index contributed by atoms with van der Waals surface area (Å²) in [5.41, 5.74) is 2.47. The second-order valence-corrected chi connectivity index (χ2v) is 17.9. The molecular formula is C45H76O4. The van der Waals surface area contributed by atoms with E-state index in [9.17, 15) is 4.79 Å². The van der Waals surface area contributed by atoms with Crippen LogP contribution >= 0.6 is 0 Å². The van der Waals surface area contributed by atoms with Gasteiger partial charge in [0, 0.05) is 12.8 Å². The number of carbonyl (C=O) groups is 1. The van der Waals surface area contributed by atoms with Crippen molar-refractivity contribution in [1.29, 1.82) is 0 Å². The molecule has 4 heteroatoms. The second kappa shape index (κ2) is 20.0. The van der Waals surface area contributed by atoms with Crippen LogP contribution in [0.1, 0.15) is 183 Å². The SMILES string of the molecule is CCCCC[C@H](/C=C/C=C\CCCCCCCC(=O)O[C@H]1CC[C@@]2(C)C(=CC[C@H]3[C@H]4CC[C@@H]([C@H](C)CCCC(C)C)[C@@]4(C)CC[C@@H]32)C1)OO. The van der Waals surface area contributed by atoms with Crippen molar-refractivity contribution in [2.75, 3.05) is 0 Å². The third-order valence-corrected chi connectivity index (χ3v) is 14.1. The highest BCUT2D eigenvalue weighted by Crippen LogP contribution is 2.67. The summed E-state index contributed by atoms with van der Waals surface area (Å²) in [4.78, 5) is 17.4. The molecular weight excluding hydrogens is 604 g/mol. The van der Waals surface area contributed by atoms with Gasteiger partial charge in [0.05, 0.1) is 0 Å². The van der Waals surface area contributed by atoms with Crippen molar-refractivity contribution in [3.05, 3.63) is 36.0 Å². The molecule has 4 nitrogen and oxygen atoms in total. The van der Waals surface area contributed by atoms with Crippen LogP contribution < -0.4 is 0 Å². The van der Waals surface area contributed by atoms with Crippen LogP contribution in [0.15, 0.2) is 36.0 Å². The maximum absolute atomic E-state index is 12.8. The van der Waals surface area contributed by atoms with E-state index in [2.05, 4.69) is 64.7 Å². The van der Waals surface area contributed by atoms with Crippen LogP contribution in [0, 0.1) is 46.3 Å². The van der Waals surface area contributed by atoms with E-state index in [1.807, 2.05) is 12.2 Å². The van der Waals surface area contributed by atoms with Crippen molar-refractivity contribution in [3.63, 3.8) is 0 Å². The Morgan fingerprint density at radius 1 is 0.898 bits per heavy atom. The summed E-state index contributed by atoms with van der Waals surface area (Å²) >= 11 is 0. The molecule has 0 heterocycles. The number of rotatable bonds is 21. The fraction of sp³-hybridized carbons (Fsp3) is 0.844. The fourth-order valence-corrected chi connectivity index (χ4v) is 11.2. The predicted octanol–water partition coefficient (Wildman–Crippen LogP) is 13.2. The fourth-order valence-electron chi connectivity index (χ4n) is 11.2. The lowest BCUT2D eigenvalue weighted by molar-refractivity contribution is -0.267. The van der Waals surface area contributed by atoms with Gasteiger partial charge in [-0.1, -0.05) is 135 Å². The molecule has 4 aliphatic rings. The highest BCUT2D eigenvalue weighted by atomic mass is 17.1. The summed E-state index contributed by atoms with van der Waals surface area (Å²) in [6.07, 6.45) is 36.5. The first-order valence-electron chi connectivity index (χ1n) is 21.1. The summed E-state index contributed by atoms with van der Waals surface area (Å²) in [5.74, 6) is 5.19. The Morgan fingerprint density at radius 3 is 2.47 bits per heavy atom. The Bertz CT molecular complexity index is 1070. The van der Waals surface area contributed by atoms with E-state index in [0.29, 0.717) is 17.3 Å². The molecule has 4 aliphatic carbocycles. The van der Waals surface area contributed by atoms with Gasteiger partial charge in [-0.15, -0.1) is 0 Å². The summed E-state index contributed by atoms with van der Waals surface area (Å²) in [5, 5.41) is 9.04. The van der Waals surface area contributed by atoms with E-state index < -0.39 is 0 Å². The van der Waals surface area contributed by atoms with E-state index >= 15 is 0 Å². The Balaban J connectivity index is 1.12. The third-order valence-electron chi connectivity index (χ3n) is 14.1. The zero-order valence-electron chi connectivity index (χ0n) is 32.7. The third kappa shape index (κ3) is 11.1. The highest BCUT2D eigenvalue weighted by Gasteiger charge is 2.59. The molecule has 0 unspecified atom stereocenters. The topological polar surface area (TPSA) is 55.8 Å². The van der Waals surface area contributed by atoms with E-state index in [1.54, 1.807) is 5.57 Å². The first kappa shape index (κ1) is 40.4. The molecule has 0 aromatic heterocycles. The first-order chi connectivity index (χ1) is 23.6. The van der Waals surface area contributed by atoms with Crippen LogP contribution in [0.5, 0.6) is 0 Å². The molecule has 4 rings (SSSR count). The molecule has 0 aromatic rings. The van der Waals surface area contributed by atoms with Gasteiger partial charge in [-0.05, 0) is 117 Å². The number of carbonyl (C=O) groups excluding carboxylic acids is 1. The second-order valence-electron chi connectivity index (χ2n) is 17.9. The van der Waals surface area contributed by atoms with Crippen molar-refractivity contribution in [2.45, 2.75) is 195 Å². The van der Waals surface area contributed by atoms with Gasteiger partial charge in [-0.3, -0.25) is 10.1 Å². The smallest absolute Gasteiger partial charge is 0.306 e. The van der Waals surface area contributed by atoms with Crippen LogP contribution in [0.2, 0.25) is 0 Å². The zero-order valence-corrected chi connectivity index (χ0v) is 32.7. The molecule has 0 spiro atoms. The molecule has 3 fully saturated rings. The summed E-state index contributed by atoms with van der Waals surface area (Å²) < 4.78 is 6.11. The largest absolute Gasteiger partial charge is 0.462 e. The molecule has 0 amide bonds. The van der Waals surface area contributed by atoms with Crippen LogP contribution in [0.25, 0.3) is 0 Å². The Hall–Kier alpha value is -1.39. The number of ether oxygens (including phenoxy) is 1. The monoisotopic (exact) mass is 681 g/mol. The molecule has 0 aromatic carbocycles. The van der Waals surface area contributed by atoms with Crippen LogP contribution in [-0.4, -0.2) is 23.4 Å². The van der Waals surface area contributed by atoms with Gasteiger partial charge in [-0.25, -0.2) is 4.89 Å². The van der Waals surface area contributed by atoms with Crippen molar-refractivity contribution < 1.29 is 19.7 Å². The quantitative estimate of drug-likeness (QED) is 0.0327. The predicted molar refractivity (Wildman–Crippen MR) is 205 cm³/mol. The molecule has 0 bridgehead atoms. The minimum atomic E-state index is -0.204. The summed E-state index contributed by atoms with van der Waals surface area (Å²) in [6, 6.07) is 0. The lowest BCUT2D eigenvalue weighted by Crippen LogP contribution is -2.51. The summed E-state index contributed by atoms with van der Waals surface area (Å²) in [6.45, 7) is 14.8. The average Bonchev–Trinajstić information content (AvgIpc) is 3.43. The number of esters is 1. The minimum Gasteiger partial charge on any atom is -0.462 e. The van der Waals surface area contributed by atoms with Gasteiger partial charge in [0.15, 0.2) is 0 Å². The number of hydrogen-bond donors (Lipinski definition) is 1. The minimum absolute atomic E-state index is 0.0189. The van der Waals surface area contributed by atoms with Gasteiger partial charge < -0.3 is 4.74 Å². The van der Waals surface area contributed by atoms with Crippen LogP contribution in [0.4, 0.5) is 0 Å². The lowest BCUT2D eigenvalue weighted by Gasteiger charge is -2.58. The van der Waals surface area contributed by atoms with Gasteiger partial charge in [0.1, 0.15) is 12.2 Å². The molecule has 0 radical (unpaired) electrons. The van der Waals surface area contributed by atoms with Crippen molar-refractivity contribution in [3.8, 4) is 0 Å². The lowest BCUT2D eigenvalue weighted by atomic mass is 9.47. The van der Waals surface area contributed by atoms with Gasteiger partial charge >= 0.3 is 5.97 Å². The van der Waals surface area contributed by atoms with Gasteiger partial charge in [-0.2, -0.15) is 0 Å². The number of hydrogen-bond acceptors (Lipinski definition) is 4. The number of unbranched alkanes of at least 4 members (excludes halogenated alkanes) is 7. The van der Waals surface area contributed by atoms with E-state index in [4.69, 9.17) is 9.99 Å². The van der Waals surface area contributed by atoms with E-state index in [0.717, 1.165) is 80.5 Å². The van der Waals surface area contributed by atoms with E-state index in [-0.39, 0.29) is 18.2 Å². The van der Waals surface area contributed by atoms with Crippen molar-refractivity contribution in [1.82, 2.24) is 0 Å². The molecule has 280 valence electrons. The molecule has 49 heavy (non-hydrogen) atoms. The maximum Gasteiger partial charge on any atom is 0.306 e. The van der Waals surface area contributed by atoms with Gasteiger partial charge in [0.25, 0.3) is 0 Å². The Kier molecular flexibility index (Phi) is 16.5. The molecule has 0 aliphatic heterocycles. The van der Waals surface area contributed by atoms with Crippen molar-refractivity contribution >= 4 is 5.97 Å². The number of allylic oxidation sites excluding steroid dienone is 4. The average molecular weight is 681 g/mol. The molecule has 1 N–H and O–H groups in total. The van der Waals surface area contributed by atoms with Crippen molar-refractivity contribution in [2.24, 2.45) is 46.3 Å². The Labute approximate surface area is 302 Å². The van der Waals surface area contributed by atoms with E-state index in [1.165, 1.54) is 89.9 Å². The summed E-state index contributed by atoms with van der Waals surface area (Å²) in [7, 11) is 0. The zero-order chi connectivity index (χ0) is 35.3. The highest BCUT2D eigenvalue weighted by molar-refractivity contribution is 5.69. The molecule has 0 saturated heterocycles. The Morgan fingerprint density at radius 2 is 1.69 bits per heavy atom. The van der Waals surface area contributed by atoms with Crippen LogP contribution in [-0.2, 0) is 14.4 Å². The first-order valence-corrected chi connectivity index (χ1v) is 21.1. The molecule has 3 saturated carbocycles. The van der Waals surface area contributed by atoms with Gasteiger partial charge in [0.2, 0.25) is 0 Å². The standard InChI is InChI=1S/C45H76O4/c1-7-8-16-22-37(49-47)23-17-14-12-10-9-11-13-15-18-24-43(46)48-38-29-31-44(5)36(33-38)25-26-39-41-28-27-40(35(4)21-19-20-34(2)3)45(41,6)32-30-42(39)44/h12,14,17,23,25,34-35,37-42,47H,7-11,13,15-16,18-22,24,26-33H2,1-6H3/b14-12-,23-17+/t35-,37-,38+,39+,40+,41-,42+,44+,45-/m1/s1. The number of fused-ring (bicyclic) bond motifs is 5. The van der Waals surface area contributed by atoms with Crippen LogP contribution in [0.3, 0.4) is 0 Å².